The molecule has 0 spiro atoms. The lowest BCUT2D eigenvalue weighted by Crippen LogP contribution is -2.37. The smallest absolute Gasteiger partial charge is 0.291 e. The monoisotopic (exact) mass is 413 g/mol. The van der Waals surface area contributed by atoms with Crippen LogP contribution in [0.25, 0.3) is 11.0 Å². The van der Waals surface area contributed by atoms with E-state index < -0.39 is 17.6 Å². The average Bonchev–Trinajstić information content (AvgIpc) is 3.26. The highest BCUT2D eigenvalue weighted by Crippen LogP contribution is 2.32. The van der Waals surface area contributed by atoms with E-state index in [0.717, 1.165) is 13.1 Å². The number of carbonyl (C=O) groups is 2. The molecule has 1 aliphatic rings. The van der Waals surface area contributed by atoms with Crippen LogP contribution in [0.3, 0.4) is 0 Å². The number of amides is 2. The van der Waals surface area contributed by atoms with E-state index >= 15 is 0 Å². The van der Waals surface area contributed by atoms with Crippen molar-refractivity contribution >= 4 is 28.5 Å². The molecule has 30 heavy (non-hydrogen) atoms. The summed E-state index contributed by atoms with van der Waals surface area (Å²) in [6.45, 7) is 7.06. The molecule has 2 atom stereocenters. The molecule has 0 bridgehead atoms. The molecule has 1 fully saturated rings. The zero-order valence-corrected chi connectivity index (χ0v) is 16.9. The normalized spacial score (nSPS) is 19.8. The number of rotatable bonds is 5. The van der Waals surface area contributed by atoms with E-state index in [9.17, 15) is 14.0 Å². The van der Waals surface area contributed by atoms with Gasteiger partial charge in [0.2, 0.25) is 5.76 Å². The van der Waals surface area contributed by atoms with E-state index in [2.05, 4.69) is 24.1 Å². The van der Waals surface area contributed by atoms with Crippen LogP contribution in [0, 0.1) is 17.7 Å². The summed E-state index contributed by atoms with van der Waals surface area (Å²) in [5.41, 5.74) is 5.63. The van der Waals surface area contributed by atoms with Gasteiger partial charge in [-0.1, -0.05) is 13.8 Å². The minimum Gasteiger partial charge on any atom is -0.455 e. The highest BCUT2D eigenvalue weighted by Gasteiger charge is 2.25. The van der Waals surface area contributed by atoms with Crippen molar-refractivity contribution in [2.45, 2.75) is 26.8 Å². The lowest BCUT2D eigenvalue weighted by Gasteiger charge is -2.34. The van der Waals surface area contributed by atoms with Gasteiger partial charge in [0.25, 0.3) is 11.8 Å². The van der Waals surface area contributed by atoms with E-state index in [0.29, 0.717) is 24.1 Å². The molecule has 158 valence electrons. The third-order valence-corrected chi connectivity index (χ3v) is 5.32. The molecule has 3 N–H and O–H groups in total. The molecule has 2 aromatic heterocycles. The minimum absolute atomic E-state index is 0.0265. The van der Waals surface area contributed by atoms with Gasteiger partial charge < -0.3 is 19.9 Å². The highest BCUT2D eigenvalue weighted by atomic mass is 19.1. The van der Waals surface area contributed by atoms with Crippen LogP contribution in [0.5, 0.6) is 0 Å². The Hall–Kier alpha value is -3.13. The fourth-order valence-electron chi connectivity index (χ4n) is 4.27. The van der Waals surface area contributed by atoms with Crippen molar-refractivity contribution in [3.63, 3.8) is 0 Å². The molecule has 4 rings (SSSR count). The van der Waals surface area contributed by atoms with Crippen molar-refractivity contribution in [2.24, 2.45) is 17.6 Å². The summed E-state index contributed by atoms with van der Waals surface area (Å²) in [6, 6.07) is 7.09. The number of nitrogens with two attached hydrogens (primary N) is 1. The van der Waals surface area contributed by atoms with Crippen molar-refractivity contribution in [1.29, 1.82) is 0 Å². The Morgan fingerprint density at radius 2 is 1.90 bits per heavy atom. The Bertz CT molecular complexity index is 1090. The summed E-state index contributed by atoms with van der Waals surface area (Å²) >= 11 is 0. The quantitative estimate of drug-likeness (QED) is 0.658. The highest BCUT2D eigenvalue weighted by molar-refractivity contribution is 6.13. The van der Waals surface area contributed by atoms with Gasteiger partial charge in [-0.15, -0.1) is 0 Å². The van der Waals surface area contributed by atoms with Gasteiger partial charge in [0.15, 0.2) is 5.76 Å². The molecule has 2 amide bonds. The van der Waals surface area contributed by atoms with E-state index in [1.54, 1.807) is 12.1 Å². The van der Waals surface area contributed by atoms with Crippen LogP contribution >= 0.6 is 0 Å². The van der Waals surface area contributed by atoms with Crippen LogP contribution in [0.2, 0.25) is 0 Å². The summed E-state index contributed by atoms with van der Waals surface area (Å²) in [4.78, 5) is 26.8. The molecular weight excluding hydrogens is 389 g/mol. The maximum absolute atomic E-state index is 13.7. The molecule has 0 saturated carbocycles. The number of likely N-dealkylation sites (tertiary alicyclic amines) is 1. The van der Waals surface area contributed by atoms with Crippen molar-refractivity contribution in [3.8, 4) is 0 Å². The fourth-order valence-corrected chi connectivity index (χ4v) is 4.27. The Kier molecular flexibility index (Phi) is 5.34. The molecule has 0 radical (unpaired) electrons. The number of piperidine rings is 1. The predicted molar refractivity (Wildman–Crippen MR) is 110 cm³/mol. The second kappa shape index (κ2) is 7.95. The minimum atomic E-state index is -0.865. The Morgan fingerprint density at radius 1 is 1.17 bits per heavy atom. The number of hydrogen-bond acceptors (Lipinski definition) is 5. The molecule has 7 nitrogen and oxygen atoms in total. The molecule has 1 saturated heterocycles. The first-order valence-corrected chi connectivity index (χ1v) is 9.94. The summed E-state index contributed by atoms with van der Waals surface area (Å²) in [5, 5.41) is 2.83. The molecular formula is C22H24FN3O4. The maximum Gasteiger partial charge on any atom is 0.291 e. The number of primary amides is 1. The van der Waals surface area contributed by atoms with E-state index in [4.69, 9.17) is 14.6 Å². The molecule has 8 heteroatoms. The van der Waals surface area contributed by atoms with Crippen molar-refractivity contribution < 1.29 is 22.8 Å². The third-order valence-electron chi connectivity index (χ3n) is 5.32. The van der Waals surface area contributed by atoms with Crippen LogP contribution in [0.15, 0.2) is 39.2 Å². The van der Waals surface area contributed by atoms with E-state index in [-0.39, 0.29) is 28.2 Å². The van der Waals surface area contributed by atoms with E-state index in [1.807, 2.05) is 0 Å². The lowest BCUT2D eigenvalue weighted by molar-refractivity contribution is 0.0976. The number of anilines is 1. The average molecular weight is 413 g/mol. The van der Waals surface area contributed by atoms with Crippen molar-refractivity contribution in [2.75, 3.05) is 18.4 Å². The topological polar surface area (TPSA) is 102 Å². The Labute approximate surface area is 173 Å². The number of carbonyl (C=O) groups excluding carboxylic acids is 2. The van der Waals surface area contributed by atoms with Crippen molar-refractivity contribution in [3.05, 3.63) is 53.4 Å². The van der Waals surface area contributed by atoms with Gasteiger partial charge in [-0.3, -0.25) is 14.5 Å². The summed E-state index contributed by atoms with van der Waals surface area (Å²) in [5.74, 6) is -0.204. The van der Waals surface area contributed by atoms with Crippen LogP contribution in [0.4, 0.5) is 10.1 Å². The van der Waals surface area contributed by atoms with Crippen LogP contribution in [0.1, 0.15) is 47.1 Å². The maximum atomic E-state index is 13.7. The van der Waals surface area contributed by atoms with Crippen LogP contribution in [-0.4, -0.2) is 29.8 Å². The van der Waals surface area contributed by atoms with Crippen LogP contribution in [-0.2, 0) is 6.54 Å². The molecule has 1 aromatic carbocycles. The number of fused-ring (bicyclic) bond motifs is 1. The first-order valence-electron chi connectivity index (χ1n) is 9.94. The van der Waals surface area contributed by atoms with Crippen LogP contribution < -0.4 is 11.1 Å². The number of nitrogens with one attached hydrogen (secondary N) is 1. The Balaban J connectivity index is 1.53. The number of nitrogens with zero attached hydrogens (tertiary/aromatic N) is 1. The summed E-state index contributed by atoms with van der Waals surface area (Å²) in [6.07, 6.45) is 1.21. The molecule has 1 aliphatic heterocycles. The van der Waals surface area contributed by atoms with Gasteiger partial charge >= 0.3 is 0 Å². The standard InChI is InChI=1S/C22H24FN3O4/c1-12-7-13(2)10-26(9-12)11-15-4-6-18(29-15)22(28)25-19-16-8-14(23)3-5-17(16)30-20(19)21(24)27/h3-6,8,12-13H,7,9-11H2,1-2H3,(H2,24,27)(H,25,28). The summed E-state index contributed by atoms with van der Waals surface area (Å²) in [7, 11) is 0. The van der Waals surface area contributed by atoms with E-state index in [1.165, 1.54) is 24.6 Å². The first kappa shape index (κ1) is 20.2. The lowest BCUT2D eigenvalue weighted by atomic mass is 9.92. The molecule has 2 unspecified atom stereocenters. The SMILES string of the molecule is CC1CC(C)CN(Cc2ccc(C(=O)Nc3c(C(N)=O)oc4ccc(F)cc34)o2)C1. The second-order valence-electron chi connectivity index (χ2n) is 8.17. The number of halogens is 1. The zero-order valence-electron chi connectivity index (χ0n) is 16.9. The van der Waals surface area contributed by atoms with Gasteiger partial charge in [-0.25, -0.2) is 4.39 Å². The Morgan fingerprint density at radius 3 is 2.60 bits per heavy atom. The molecule has 3 aromatic rings. The molecule has 0 aliphatic carbocycles. The second-order valence-corrected chi connectivity index (χ2v) is 8.17. The van der Waals surface area contributed by atoms with Gasteiger partial charge in [-0.05, 0) is 48.6 Å². The van der Waals surface area contributed by atoms with Gasteiger partial charge in [-0.2, -0.15) is 0 Å². The number of hydrogen-bond donors (Lipinski definition) is 2. The fraction of sp³-hybridized carbons (Fsp3) is 0.364. The largest absolute Gasteiger partial charge is 0.455 e. The summed E-state index contributed by atoms with van der Waals surface area (Å²) < 4.78 is 24.8. The van der Waals surface area contributed by atoms with Crippen molar-refractivity contribution in [1.82, 2.24) is 4.90 Å². The van der Waals surface area contributed by atoms with Gasteiger partial charge in [0.1, 0.15) is 22.8 Å². The first-order chi connectivity index (χ1) is 14.3. The number of furan rings is 2. The zero-order chi connectivity index (χ0) is 21.4. The van der Waals surface area contributed by atoms with Gasteiger partial charge in [0, 0.05) is 18.5 Å². The predicted octanol–water partition coefficient (Wildman–Crippen LogP) is 3.99. The third kappa shape index (κ3) is 4.09. The number of benzene rings is 1. The molecule has 3 heterocycles. The van der Waals surface area contributed by atoms with Gasteiger partial charge in [0.05, 0.1) is 6.54 Å².